The van der Waals surface area contributed by atoms with Crippen LogP contribution in [0.2, 0.25) is 0 Å². The molecule has 0 saturated heterocycles. The highest BCUT2D eigenvalue weighted by atomic mass is 32.2. The molecule has 0 bridgehead atoms. The standard InChI is InChI=1S/C14H11N3O3S/c18-21(19,17-12-9-5-2-6-10-12)14-16-15-13(20-14)11-7-3-1-4-8-11/h1-10,17H. The molecular weight excluding hydrogens is 290 g/mol. The largest absolute Gasteiger partial charge is 0.406 e. The SMILES string of the molecule is O=S(=O)(Nc1ccccc1)c1nnc(-c2ccccc2)o1. The van der Waals surface area contributed by atoms with Gasteiger partial charge in [-0.3, -0.25) is 4.72 Å². The minimum atomic E-state index is -3.89. The molecule has 0 aliphatic carbocycles. The van der Waals surface area contributed by atoms with Crippen LogP contribution < -0.4 is 4.72 Å². The van der Waals surface area contributed by atoms with Gasteiger partial charge in [-0.05, 0) is 24.3 Å². The van der Waals surface area contributed by atoms with E-state index < -0.39 is 15.2 Å². The van der Waals surface area contributed by atoms with E-state index in [0.717, 1.165) is 0 Å². The van der Waals surface area contributed by atoms with E-state index in [1.165, 1.54) is 0 Å². The van der Waals surface area contributed by atoms with Crippen LogP contribution in [0.15, 0.2) is 70.3 Å². The van der Waals surface area contributed by atoms with E-state index in [9.17, 15) is 8.42 Å². The second-order valence-electron chi connectivity index (χ2n) is 4.21. The lowest BCUT2D eigenvalue weighted by Crippen LogP contribution is -2.13. The zero-order valence-corrected chi connectivity index (χ0v) is 11.6. The topological polar surface area (TPSA) is 85.1 Å². The molecule has 21 heavy (non-hydrogen) atoms. The summed E-state index contributed by atoms with van der Waals surface area (Å²) in [7, 11) is -3.89. The van der Waals surface area contributed by atoms with Gasteiger partial charge in [0.25, 0.3) is 0 Å². The summed E-state index contributed by atoms with van der Waals surface area (Å²) in [6, 6.07) is 17.5. The smallest absolute Gasteiger partial charge is 0.357 e. The molecule has 1 N–H and O–H groups in total. The van der Waals surface area contributed by atoms with Crippen molar-refractivity contribution in [2.24, 2.45) is 0 Å². The molecule has 0 spiro atoms. The zero-order valence-electron chi connectivity index (χ0n) is 10.8. The van der Waals surface area contributed by atoms with Crippen molar-refractivity contribution in [2.45, 2.75) is 5.22 Å². The summed E-state index contributed by atoms with van der Waals surface area (Å²) in [6.07, 6.45) is 0. The minimum absolute atomic E-state index is 0.157. The Hall–Kier alpha value is -2.67. The first-order valence-corrected chi connectivity index (χ1v) is 7.60. The van der Waals surface area contributed by atoms with Crippen molar-refractivity contribution in [2.75, 3.05) is 4.72 Å². The Bertz CT molecular complexity index is 830. The maximum atomic E-state index is 12.1. The molecule has 2 aromatic carbocycles. The minimum Gasteiger partial charge on any atom is -0.406 e. The fraction of sp³-hybridized carbons (Fsp3) is 0. The number of hydrogen-bond acceptors (Lipinski definition) is 5. The first-order valence-electron chi connectivity index (χ1n) is 6.12. The first kappa shape index (κ1) is 13.3. The van der Waals surface area contributed by atoms with Crippen LogP contribution in [0, 0.1) is 0 Å². The number of nitrogens with zero attached hydrogens (tertiary/aromatic N) is 2. The van der Waals surface area contributed by atoms with Gasteiger partial charge in [-0.1, -0.05) is 41.5 Å². The van der Waals surface area contributed by atoms with Gasteiger partial charge in [0.15, 0.2) is 0 Å². The van der Waals surface area contributed by atoms with Gasteiger partial charge in [0.05, 0.1) is 0 Å². The third-order valence-electron chi connectivity index (χ3n) is 2.68. The van der Waals surface area contributed by atoms with Gasteiger partial charge in [-0.25, -0.2) is 0 Å². The van der Waals surface area contributed by atoms with Crippen molar-refractivity contribution in [3.05, 3.63) is 60.7 Å². The highest BCUT2D eigenvalue weighted by Gasteiger charge is 2.22. The number of benzene rings is 2. The summed E-state index contributed by atoms with van der Waals surface area (Å²) >= 11 is 0. The normalized spacial score (nSPS) is 11.2. The zero-order chi connectivity index (χ0) is 14.7. The molecule has 0 amide bonds. The Morgan fingerprint density at radius 1 is 0.857 bits per heavy atom. The lowest BCUT2D eigenvalue weighted by molar-refractivity contribution is 0.442. The molecule has 0 aliphatic rings. The number of para-hydroxylation sites is 1. The van der Waals surface area contributed by atoms with E-state index in [1.807, 2.05) is 6.07 Å². The maximum absolute atomic E-state index is 12.1. The van der Waals surface area contributed by atoms with E-state index in [4.69, 9.17) is 4.42 Å². The summed E-state index contributed by atoms with van der Waals surface area (Å²) in [6.45, 7) is 0. The summed E-state index contributed by atoms with van der Waals surface area (Å²) in [5.41, 5.74) is 1.09. The van der Waals surface area contributed by atoms with Gasteiger partial charge in [0.1, 0.15) is 0 Å². The molecule has 6 nitrogen and oxygen atoms in total. The predicted molar refractivity (Wildman–Crippen MR) is 77.0 cm³/mol. The number of rotatable bonds is 4. The molecule has 1 aromatic heterocycles. The molecule has 0 radical (unpaired) electrons. The average molecular weight is 301 g/mol. The summed E-state index contributed by atoms with van der Waals surface area (Å²) in [5, 5.41) is 6.88. The van der Waals surface area contributed by atoms with Crippen molar-refractivity contribution in [3.8, 4) is 11.5 Å². The summed E-state index contributed by atoms with van der Waals surface area (Å²) in [4.78, 5) is 0. The molecule has 3 rings (SSSR count). The predicted octanol–water partition coefficient (Wildman–Crippen LogP) is 2.54. The lowest BCUT2D eigenvalue weighted by Gasteiger charge is -2.03. The van der Waals surface area contributed by atoms with E-state index in [0.29, 0.717) is 11.3 Å². The van der Waals surface area contributed by atoms with Crippen LogP contribution in [-0.2, 0) is 10.0 Å². The van der Waals surface area contributed by atoms with Crippen LogP contribution in [0.25, 0.3) is 11.5 Å². The Labute approximate surface area is 121 Å². The highest BCUT2D eigenvalue weighted by Crippen LogP contribution is 2.20. The van der Waals surface area contributed by atoms with Gasteiger partial charge in [0, 0.05) is 11.3 Å². The van der Waals surface area contributed by atoms with Gasteiger partial charge >= 0.3 is 15.2 Å². The second-order valence-corrected chi connectivity index (χ2v) is 5.77. The number of anilines is 1. The van der Waals surface area contributed by atoms with E-state index in [2.05, 4.69) is 14.9 Å². The fourth-order valence-corrected chi connectivity index (χ4v) is 2.59. The van der Waals surface area contributed by atoms with Gasteiger partial charge in [-0.2, -0.15) is 8.42 Å². The van der Waals surface area contributed by atoms with Crippen molar-refractivity contribution in [1.29, 1.82) is 0 Å². The second kappa shape index (κ2) is 5.37. The molecule has 106 valence electrons. The maximum Gasteiger partial charge on any atom is 0.357 e. The Morgan fingerprint density at radius 2 is 1.48 bits per heavy atom. The van der Waals surface area contributed by atoms with E-state index >= 15 is 0 Å². The highest BCUT2D eigenvalue weighted by molar-refractivity contribution is 7.92. The van der Waals surface area contributed by atoms with Crippen molar-refractivity contribution >= 4 is 15.7 Å². The Kier molecular flexibility index (Phi) is 3.41. The molecule has 7 heteroatoms. The molecular formula is C14H11N3O3S. The third kappa shape index (κ3) is 2.92. The molecule has 0 aliphatic heterocycles. The molecule has 1 heterocycles. The van der Waals surface area contributed by atoms with Crippen LogP contribution in [0.4, 0.5) is 5.69 Å². The van der Waals surface area contributed by atoms with Crippen molar-refractivity contribution < 1.29 is 12.8 Å². The van der Waals surface area contributed by atoms with Crippen molar-refractivity contribution in [3.63, 3.8) is 0 Å². The molecule has 0 unspecified atom stereocenters. The van der Waals surface area contributed by atoms with Crippen molar-refractivity contribution in [1.82, 2.24) is 10.2 Å². The summed E-state index contributed by atoms with van der Waals surface area (Å²) in [5.74, 6) is 0.157. The van der Waals surface area contributed by atoms with Crippen LogP contribution in [0.3, 0.4) is 0 Å². The van der Waals surface area contributed by atoms with Crippen LogP contribution >= 0.6 is 0 Å². The van der Waals surface area contributed by atoms with E-state index in [-0.39, 0.29) is 5.89 Å². The van der Waals surface area contributed by atoms with Crippen LogP contribution in [0.5, 0.6) is 0 Å². The first-order chi connectivity index (χ1) is 10.1. The number of sulfonamides is 1. The Balaban J connectivity index is 1.89. The molecule has 0 atom stereocenters. The molecule has 0 fully saturated rings. The quantitative estimate of drug-likeness (QED) is 0.800. The van der Waals surface area contributed by atoms with Gasteiger partial charge < -0.3 is 4.42 Å². The average Bonchev–Trinajstić information content (AvgIpc) is 2.99. The lowest BCUT2D eigenvalue weighted by atomic mass is 10.2. The fourth-order valence-electron chi connectivity index (χ4n) is 1.72. The van der Waals surface area contributed by atoms with E-state index in [1.54, 1.807) is 54.6 Å². The monoisotopic (exact) mass is 301 g/mol. The number of nitrogens with one attached hydrogen (secondary N) is 1. The number of hydrogen-bond donors (Lipinski definition) is 1. The third-order valence-corrected chi connectivity index (χ3v) is 3.81. The molecule has 3 aromatic rings. The van der Waals surface area contributed by atoms with Crippen LogP contribution in [-0.4, -0.2) is 18.6 Å². The Morgan fingerprint density at radius 3 is 2.14 bits per heavy atom. The van der Waals surface area contributed by atoms with Gasteiger partial charge in [-0.15, -0.1) is 5.10 Å². The number of aromatic nitrogens is 2. The van der Waals surface area contributed by atoms with Crippen LogP contribution in [0.1, 0.15) is 0 Å². The van der Waals surface area contributed by atoms with Gasteiger partial charge in [0.2, 0.25) is 5.89 Å². The molecule has 0 saturated carbocycles. The summed E-state index contributed by atoms with van der Waals surface area (Å²) < 4.78 is 31.9.